The molecule has 0 aliphatic rings. The lowest BCUT2D eigenvalue weighted by atomic mass is 10.2. The largest absolute Gasteiger partial charge is 0.496 e. The molecule has 0 aliphatic heterocycles. The van der Waals surface area contributed by atoms with E-state index < -0.39 is 10.0 Å². The van der Waals surface area contributed by atoms with Crippen LogP contribution < -0.4 is 14.2 Å². The first kappa shape index (κ1) is 20.7. The number of ether oxygens (including phenoxy) is 2. The Morgan fingerprint density at radius 3 is 2.44 bits per heavy atom. The molecule has 27 heavy (non-hydrogen) atoms. The van der Waals surface area contributed by atoms with E-state index in [0.29, 0.717) is 17.1 Å². The smallest absolute Gasteiger partial charge is 0.259 e. The molecule has 0 saturated carbocycles. The molecule has 0 aromatic heterocycles. The number of nitrogens with zero attached hydrogens (tertiary/aromatic N) is 1. The number of para-hydroxylation sites is 1. The number of hydrogen-bond donors (Lipinski definition) is 1. The quantitative estimate of drug-likeness (QED) is 0.742. The van der Waals surface area contributed by atoms with E-state index in [0.717, 1.165) is 5.56 Å². The van der Waals surface area contributed by atoms with E-state index in [4.69, 9.17) is 9.47 Å². The molecule has 2 aromatic carbocycles. The molecule has 0 unspecified atom stereocenters. The molecule has 1 N–H and O–H groups in total. The van der Waals surface area contributed by atoms with E-state index in [-0.39, 0.29) is 24.0 Å². The third kappa shape index (κ3) is 5.45. The molecule has 0 atom stereocenters. The summed E-state index contributed by atoms with van der Waals surface area (Å²) in [4.78, 5) is 13.2. The van der Waals surface area contributed by atoms with Crippen LogP contribution in [0.1, 0.15) is 11.1 Å². The van der Waals surface area contributed by atoms with Crippen LogP contribution in [0.5, 0.6) is 11.5 Å². The van der Waals surface area contributed by atoms with Crippen molar-refractivity contribution in [2.45, 2.75) is 18.4 Å². The number of hydrogen-bond acceptors (Lipinski definition) is 5. The van der Waals surface area contributed by atoms with Crippen LogP contribution in [0.3, 0.4) is 0 Å². The van der Waals surface area contributed by atoms with Gasteiger partial charge in [0, 0.05) is 26.2 Å². The molecular formula is C19H24N2O5S. The Bertz CT molecular complexity index is 910. The summed E-state index contributed by atoms with van der Waals surface area (Å²) in [7, 11) is 1.12. The number of likely N-dealkylation sites (N-methyl/N-ethyl adjacent to an activating group) is 1. The summed E-state index contributed by atoms with van der Waals surface area (Å²) in [6, 6.07) is 11.7. The Labute approximate surface area is 160 Å². The number of carbonyl (C=O) groups is 1. The molecule has 0 saturated heterocycles. The predicted molar refractivity (Wildman–Crippen MR) is 102 cm³/mol. The van der Waals surface area contributed by atoms with Crippen LogP contribution >= 0.6 is 0 Å². The molecule has 0 bridgehead atoms. The molecule has 1 amide bonds. The zero-order valence-electron chi connectivity index (χ0n) is 15.9. The molecule has 0 aliphatic carbocycles. The number of benzene rings is 2. The average molecular weight is 392 g/mol. The SMILES string of the molecule is COc1ccccc1CNS(=O)(=O)c1ccc(OCC(=O)N(C)C)c(C)c1. The first-order valence-corrected chi connectivity index (χ1v) is 9.78. The number of methoxy groups -OCH3 is 1. The van der Waals surface area contributed by atoms with Crippen molar-refractivity contribution in [2.24, 2.45) is 0 Å². The third-order valence-electron chi connectivity index (χ3n) is 3.95. The van der Waals surface area contributed by atoms with E-state index >= 15 is 0 Å². The molecule has 0 fully saturated rings. The van der Waals surface area contributed by atoms with Crippen molar-refractivity contribution in [3.63, 3.8) is 0 Å². The van der Waals surface area contributed by atoms with Crippen LogP contribution in [0.2, 0.25) is 0 Å². The van der Waals surface area contributed by atoms with Gasteiger partial charge >= 0.3 is 0 Å². The standard InChI is InChI=1S/C19H24N2O5S/c1-14-11-16(9-10-17(14)26-13-19(22)21(2)3)27(23,24)20-12-15-7-5-6-8-18(15)25-4/h5-11,20H,12-13H2,1-4H3. The van der Waals surface area contributed by atoms with Gasteiger partial charge in [0.2, 0.25) is 10.0 Å². The van der Waals surface area contributed by atoms with Crippen LogP contribution in [0.15, 0.2) is 47.4 Å². The van der Waals surface area contributed by atoms with E-state index in [1.54, 1.807) is 39.2 Å². The highest BCUT2D eigenvalue weighted by Gasteiger charge is 2.17. The van der Waals surface area contributed by atoms with Gasteiger partial charge in [-0.25, -0.2) is 13.1 Å². The van der Waals surface area contributed by atoms with E-state index in [2.05, 4.69) is 4.72 Å². The van der Waals surface area contributed by atoms with E-state index in [9.17, 15) is 13.2 Å². The maximum absolute atomic E-state index is 12.6. The fraction of sp³-hybridized carbons (Fsp3) is 0.316. The minimum atomic E-state index is -3.70. The summed E-state index contributed by atoms with van der Waals surface area (Å²) in [5.74, 6) is 0.907. The highest BCUT2D eigenvalue weighted by Crippen LogP contribution is 2.23. The zero-order valence-corrected chi connectivity index (χ0v) is 16.7. The van der Waals surface area contributed by atoms with Crippen LogP contribution in [0.4, 0.5) is 0 Å². The van der Waals surface area contributed by atoms with Crippen molar-refractivity contribution in [1.29, 1.82) is 0 Å². The maximum Gasteiger partial charge on any atom is 0.259 e. The number of amides is 1. The van der Waals surface area contributed by atoms with Gasteiger partial charge < -0.3 is 14.4 Å². The van der Waals surface area contributed by atoms with Gasteiger partial charge in [-0.15, -0.1) is 0 Å². The molecule has 8 heteroatoms. The summed E-state index contributed by atoms with van der Waals surface area (Å²) in [6.45, 7) is 1.74. The molecule has 0 radical (unpaired) electrons. The number of rotatable bonds is 8. The van der Waals surface area contributed by atoms with Crippen molar-refractivity contribution in [3.05, 3.63) is 53.6 Å². The van der Waals surface area contributed by atoms with E-state index in [1.807, 2.05) is 12.1 Å². The predicted octanol–water partition coefficient (Wildman–Crippen LogP) is 1.95. The van der Waals surface area contributed by atoms with E-state index in [1.165, 1.54) is 24.1 Å². The number of aryl methyl sites for hydroxylation is 1. The van der Waals surface area contributed by atoms with Crippen molar-refractivity contribution in [2.75, 3.05) is 27.8 Å². The van der Waals surface area contributed by atoms with Gasteiger partial charge in [0.1, 0.15) is 11.5 Å². The monoisotopic (exact) mass is 392 g/mol. The molecule has 0 spiro atoms. The summed E-state index contributed by atoms with van der Waals surface area (Å²) in [6.07, 6.45) is 0. The first-order valence-electron chi connectivity index (χ1n) is 8.29. The van der Waals surface area contributed by atoms with Crippen molar-refractivity contribution < 1.29 is 22.7 Å². The molecule has 7 nitrogen and oxygen atoms in total. The third-order valence-corrected chi connectivity index (χ3v) is 5.35. The number of sulfonamides is 1. The Balaban J connectivity index is 2.10. The summed E-state index contributed by atoms with van der Waals surface area (Å²) in [5.41, 5.74) is 1.36. The summed E-state index contributed by atoms with van der Waals surface area (Å²) in [5, 5.41) is 0. The highest BCUT2D eigenvalue weighted by molar-refractivity contribution is 7.89. The van der Waals surface area contributed by atoms with Crippen LogP contribution in [0, 0.1) is 6.92 Å². The minimum Gasteiger partial charge on any atom is -0.496 e. The van der Waals surface area contributed by atoms with Crippen LogP contribution in [0.25, 0.3) is 0 Å². The second-order valence-corrected chi connectivity index (χ2v) is 7.91. The molecule has 2 aromatic rings. The molecule has 0 heterocycles. The van der Waals surface area contributed by atoms with Crippen molar-refractivity contribution in [3.8, 4) is 11.5 Å². The van der Waals surface area contributed by atoms with Crippen molar-refractivity contribution in [1.82, 2.24) is 9.62 Å². The first-order chi connectivity index (χ1) is 12.7. The fourth-order valence-electron chi connectivity index (χ4n) is 2.32. The highest BCUT2D eigenvalue weighted by atomic mass is 32.2. The zero-order chi connectivity index (χ0) is 20.0. The normalized spacial score (nSPS) is 11.1. The maximum atomic E-state index is 12.6. The lowest BCUT2D eigenvalue weighted by Crippen LogP contribution is -2.27. The fourth-order valence-corrected chi connectivity index (χ4v) is 3.42. The second-order valence-electron chi connectivity index (χ2n) is 6.14. The second kappa shape index (κ2) is 8.88. The van der Waals surface area contributed by atoms with Gasteiger partial charge in [-0.1, -0.05) is 18.2 Å². The van der Waals surface area contributed by atoms with Gasteiger partial charge in [0.05, 0.1) is 12.0 Å². The molecule has 146 valence electrons. The Morgan fingerprint density at radius 1 is 1.11 bits per heavy atom. The Kier molecular flexibility index (Phi) is 6.81. The van der Waals surface area contributed by atoms with Crippen molar-refractivity contribution >= 4 is 15.9 Å². The molecule has 2 rings (SSSR count). The van der Waals surface area contributed by atoms with Gasteiger partial charge in [-0.05, 0) is 36.8 Å². The minimum absolute atomic E-state index is 0.105. The molecular weight excluding hydrogens is 368 g/mol. The van der Waals surface area contributed by atoms with Crippen LogP contribution in [-0.4, -0.2) is 47.0 Å². The summed E-state index contributed by atoms with van der Waals surface area (Å²) >= 11 is 0. The lowest BCUT2D eigenvalue weighted by molar-refractivity contribution is -0.130. The Morgan fingerprint density at radius 2 is 1.81 bits per heavy atom. The van der Waals surface area contributed by atoms with Gasteiger partial charge in [-0.2, -0.15) is 0 Å². The van der Waals surface area contributed by atoms with Crippen LogP contribution in [-0.2, 0) is 21.4 Å². The lowest BCUT2D eigenvalue weighted by Gasteiger charge is -2.14. The Hall–Kier alpha value is -2.58. The topological polar surface area (TPSA) is 84.9 Å². The van der Waals surface area contributed by atoms with Gasteiger partial charge in [0.25, 0.3) is 5.91 Å². The number of nitrogens with one attached hydrogen (secondary N) is 1. The average Bonchev–Trinajstić information content (AvgIpc) is 2.65. The van der Waals surface area contributed by atoms with Gasteiger partial charge in [0.15, 0.2) is 6.61 Å². The number of carbonyl (C=O) groups excluding carboxylic acids is 1. The van der Waals surface area contributed by atoms with Gasteiger partial charge in [-0.3, -0.25) is 4.79 Å². The summed E-state index contributed by atoms with van der Waals surface area (Å²) < 4.78 is 38.4.